The zero-order chi connectivity index (χ0) is 19.1. The maximum atomic E-state index is 12.7. The van der Waals surface area contributed by atoms with Gasteiger partial charge in [-0.2, -0.15) is 0 Å². The first-order valence-electron chi connectivity index (χ1n) is 7.93. The van der Waals surface area contributed by atoms with E-state index in [0.717, 1.165) is 0 Å². The molecule has 1 aromatic carbocycles. The van der Waals surface area contributed by atoms with Crippen LogP contribution in [0.1, 0.15) is 13.8 Å². The summed E-state index contributed by atoms with van der Waals surface area (Å²) < 4.78 is 32.2. The van der Waals surface area contributed by atoms with Gasteiger partial charge in [-0.1, -0.05) is 11.6 Å². The van der Waals surface area contributed by atoms with Crippen LogP contribution in [0.5, 0.6) is 5.75 Å². The first-order chi connectivity index (χ1) is 12.1. The smallest absolute Gasteiger partial charge is 0.266 e. The van der Waals surface area contributed by atoms with Crippen molar-refractivity contribution in [3.05, 3.63) is 35.6 Å². The number of rotatable bonds is 5. The maximum absolute atomic E-state index is 12.7. The number of amides is 1. The zero-order valence-corrected chi connectivity index (χ0v) is 16.2. The predicted molar refractivity (Wildman–Crippen MR) is 94.7 cm³/mol. The van der Waals surface area contributed by atoms with E-state index in [0.29, 0.717) is 10.8 Å². The summed E-state index contributed by atoms with van der Waals surface area (Å²) >= 11 is 5.84. The predicted octanol–water partition coefficient (Wildman–Crippen LogP) is 1.31. The second-order valence-electron chi connectivity index (χ2n) is 6.67. The molecule has 2 aromatic rings. The van der Waals surface area contributed by atoms with Crippen LogP contribution < -0.4 is 4.74 Å². The van der Waals surface area contributed by atoms with E-state index in [1.54, 1.807) is 45.2 Å². The lowest BCUT2D eigenvalue weighted by molar-refractivity contribution is -0.148. The van der Waals surface area contributed by atoms with Crippen molar-refractivity contribution in [2.45, 2.75) is 29.9 Å². The van der Waals surface area contributed by atoms with Crippen LogP contribution in [0.3, 0.4) is 0 Å². The molecule has 0 unspecified atom stereocenters. The molecule has 1 fully saturated rings. The van der Waals surface area contributed by atoms with Gasteiger partial charge >= 0.3 is 0 Å². The number of halogens is 1. The summed E-state index contributed by atoms with van der Waals surface area (Å²) in [6.45, 7) is 3.49. The lowest BCUT2D eigenvalue weighted by atomic mass is 10.0. The van der Waals surface area contributed by atoms with Gasteiger partial charge in [0, 0.05) is 25.2 Å². The van der Waals surface area contributed by atoms with Gasteiger partial charge in [0.1, 0.15) is 17.3 Å². The third-order valence-electron chi connectivity index (χ3n) is 4.20. The summed E-state index contributed by atoms with van der Waals surface area (Å²) in [5.41, 5.74) is -1.13. The fraction of sp³-hybridized carbons (Fsp3) is 0.438. The highest BCUT2D eigenvalue weighted by atomic mass is 35.5. The van der Waals surface area contributed by atoms with Gasteiger partial charge in [-0.25, -0.2) is 8.42 Å². The van der Waals surface area contributed by atoms with Gasteiger partial charge in [0.25, 0.3) is 5.91 Å². The van der Waals surface area contributed by atoms with Crippen LogP contribution in [-0.2, 0) is 21.7 Å². The van der Waals surface area contributed by atoms with E-state index in [2.05, 4.69) is 10.2 Å². The number of hydrogen-bond donors (Lipinski definition) is 0. The average Bonchev–Trinajstić information content (AvgIpc) is 2.94. The summed E-state index contributed by atoms with van der Waals surface area (Å²) in [7, 11) is -2.06. The normalized spacial score (nSPS) is 15.6. The SMILES string of the molecule is Cn1cnnc1S(=O)(=O)C1CN(C(=O)C(C)(C)Oc2ccc(Cl)cc2)C1. The van der Waals surface area contributed by atoms with Crippen molar-refractivity contribution in [3.8, 4) is 5.75 Å². The Morgan fingerprint density at radius 1 is 1.27 bits per heavy atom. The summed E-state index contributed by atoms with van der Waals surface area (Å²) in [6.07, 6.45) is 1.33. The molecule has 2 heterocycles. The van der Waals surface area contributed by atoms with Crippen LogP contribution >= 0.6 is 11.6 Å². The minimum Gasteiger partial charge on any atom is -0.478 e. The number of ether oxygens (including phenoxy) is 1. The van der Waals surface area contributed by atoms with Crippen molar-refractivity contribution in [1.82, 2.24) is 19.7 Å². The molecule has 0 radical (unpaired) electrons. The molecule has 0 spiro atoms. The Kier molecular flexibility index (Phi) is 4.70. The van der Waals surface area contributed by atoms with E-state index >= 15 is 0 Å². The molecule has 0 saturated carbocycles. The zero-order valence-electron chi connectivity index (χ0n) is 14.6. The molecule has 1 aliphatic heterocycles. The van der Waals surface area contributed by atoms with Gasteiger partial charge in [-0.3, -0.25) is 4.79 Å². The van der Waals surface area contributed by atoms with E-state index in [1.165, 1.54) is 15.8 Å². The van der Waals surface area contributed by atoms with Gasteiger partial charge in [-0.05, 0) is 38.1 Å². The van der Waals surface area contributed by atoms with Gasteiger partial charge in [0.15, 0.2) is 5.60 Å². The van der Waals surface area contributed by atoms with Crippen LogP contribution in [0.4, 0.5) is 0 Å². The fourth-order valence-electron chi connectivity index (χ4n) is 2.70. The lowest BCUT2D eigenvalue weighted by Crippen LogP contribution is -2.62. The monoisotopic (exact) mass is 398 g/mol. The van der Waals surface area contributed by atoms with Gasteiger partial charge in [0.05, 0.1) is 0 Å². The third kappa shape index (κ3) is 3.41. The minimum absolute atomic E-state index is 0.0914. The van der Waals surface area contributed by atoms with Crippen LogP contribution in [0.25, 0.3) is 0 Å². The Morgan fingerprint density at radius 2 is 1.88 bits per heavy atom. The third-order valence-corrected chi connectivity index (χ3v) is 6.51. The number of sulfone groups is 1. The molecule has 10 heteroatoms. The van der Waals surface area contributed by atoms with Crippen molar-refractivity contribution < 1.29 is 17.9 Å². The summed E-state index contributed by atoms with van der Waals surface area (Å²) in [4.78, 5) is 14.2. The molecule has 8 nitrogen and oxygen atoms in total. The molecule has 0 N–H and O–H groups in total. The van der Waals surface area contributed by atoms with E-state index in [4.69, 9.17) is 16.3 Å². The number of hydrogen-bond acceptors (Lipinski definition) is 6. The Hall–Kier alpha value is -2.13. The number of aromatic nitrogens is 3. The molecule has 1 saturated heterocycles. The molecular weight excluding hydrogens is 380 g/mol. The van der Waals surface area contributed by atoms with Crippen LogP contribution in [-0.4, -0.2) is 57.9 Å². The molecule has 1 amide bonds. The molecule has 0 atom stereocenters. The van der Waals surface area contributed by atoms with E-state index < -0.39 is 20.7 Å². The second-order valence-corrected chi connectivity index (χ2v) is 9.23. The number of carbonyl (C=O) groups excluding carboxylic acids is 1. The first kappa shape index (κ1) is 18.7. The van der Waals surface area contributed by atoms with E-state index in [9.17, 15) is 13.2 Å². The summed E-state index contributed by atoms with van der Waals surface area (Å²) in [5.74, 6) is 0.230. The van der Waals surface area contributed by atoms with Crippen molar-refractivity contribution in [2.24, 2.45) is 7.05 Å². The highest BCUT2D eigenvalue weighted by molar-refractivity contribution is 7.92. The van der Waals surface area contributed by atoms with Crippen molar-refractivity contribution in [3.63, 3.8) is 0 Å². The Morgan fingerprint density at radius 3 is 2.42 bits per heavy atom. The topological polar surface area (TPSA) is 94.4 Å². The van der Waals surface area contributed by atoms with Crippen LogP contribution in [0, 0.1) is 0 Å². The molecular formula is C16H19ClN4O4S. The van der Waals surface area contributed by atoms with E-state index in [-0.39, 0.29) is 24.2 Å². The van der Waals surface area contributed by atoms with Crippen molar-refractivity contribution in [2.75, 3.05) is 13.1 Å². The molecule has 3 rings (SSSR count). The highest BCUT2D eigenvalue weighted by Crippen LogP contribution is 2.27. The molecule has 0 aliphatic carbocycles. The standard InChI is InChI=1S/C16H19ClN4O4S/c1-16(2,25-12-6-4-11(17)5-7-12)14(22)21-8-13(9-21)26(23,24)15-19-18-10-20(15)3/h4-7,10,13H,8-9H2,1-3H3. The number of carbonyl (C=O) groups is 1. The molecule has 1 aromatic heterocycles. The molecule has 0 bridgehead atoms. The van der Waals surface area contributed by atoms with Crippen LogP contribution in [0.2, 0.25) is 5.02 Å². The molecule has 1 aliphatic rings. The quantitative estimate of drug-likeness (QED) is 0.753. The number of benzene rings is 1. The summed E-state index contributed by atoms with van der Waals surface area (Å²) in [5, 5.41) is 7.04. The number of aryl methyl sites for hydroxylation is 1. The second kappa shape index (κ2) is 6.55. The highest BCUT2D eigenvalue weighted by Gasteiger charge is 2.46. The van der Waals surface area contributed by atoms with E-state index in [1.807, 2.05) is 0 Å². The van der Waals surface area contributed by atoms with Gasteiger partial charge < -0.3 is 14.2 Å². The lowest BCUT2D eigenvalue weighted by Gasteiger charge is -2.42. The first-order valence-corrected chi connectivity index (χ1v) is 9.85. The fourth-order valence-corrected chi connectivity index (χ4v) is 4.49. The average molecular weight is 399 g/mol. The van der Waals surface area contributed by atoms with Crippen LogP contribution in [0.15, 0.2) is 35.7 Å². The summed E-state index contributed by atoms with van der Waals surface area (Å²) in [6, 6.07) is 6.69. The number of nitrogens with zero attached hydrogens (tertiary/aromatic N) is 4. The Balaban J connectivity index is 1.65. The van der Waals surface area contributed by atoms with Crippen molar-refractivity contribution in [1.29, 1.82) is 0 Å². The Labute approximate surface area is 156 Å². The largest absolute Gasteiger partial charge is 0.478 e. The van der Waals surface area contributed by atoms with Gasteiger partial charge in [0.2, 0.25) is 15.0 Å². The Bertz CT molecular complexity index is 918. The maximum Gasteiger partial charge on any atom is 0.266 e. The number of likely N-dealkylation sites (tertiary alicyclic amines) is 1. The van der Waals surface area contributed by atoms with Gasteiger partial charge in [-0.15, -0.1) is 10.2 Å². The molecule has 140 valence electrons. The minimum atomic E-state index is -3.63. The van der Waals surface area contributed by atoms with Crippen molar-refractivity contribution >= 4 is 27.3 Å². The molecule has 26 heavy (non-hydrogen) atoms.